The Kier molecular flexibility index (Phi) is 3.57. The molecule has 0 bridgehead atoms. The van der Waals surface area contributed by atoms with Crippen LogP contribution in [0.4, 0.5) is 8.78 Å². The zero-order valence-electron chi connectivity index (χ0n) is 7.25. The van der Waals surface area contributed by atoms with Crippen LogP contribution in [0.15, 0.2) is 10.7 Å². The van der Waals surface area contributed by atoms with E-state index in [1.807, 2.05) is 0 Å². The van der Waals surface area contributed by atoms with Gasteiger partial charge in [-0.25, -0.2) is 13.8 Å². The van der Waals surface area contributed by atoms with Crippen molar-refractivity contribution in [3.05, 3.63) is 21.9 Å². The molecule has 0 saturated carbocycles. The topological polar surface area (TPSA) is 70.4 Å². The Balaban J connectivity index is 3.13. The first-order valence-corrected chi connectivity index (χ1v) is 4.59. The van der Waals surface area contributed by atoms with Crippen LogP contribution < -0.4 is 0 Å². The fraction of sp³-hybridized carbons (Fsp3) is 0.250. The van der Waals surface area contributed by atoms with Crippen molar-refractivity contribution < 1.29 is 23.8 Å². The standard InChI is InChI=1S/C8H6BrF2NO3/c9-7-3(8(10)11)1-5(13)4(12-7)2-6(14)15/h1,8,13H,2H2,(H,14,15). The molecule has 0 fully saturated rings. The number of nitrogens with zero attached hydrogens (tertiary/aromatic N) is 1. The van der Waals surface area contributed by atoms with Crippen molar-refractivity contribution in [3.8, 4) is 5.75 Å². The number of carboxylic acid groups (broad SMARTS) is 1. The molecule has 1 aromatic heterocycles. The normalized spacial score (nSPS) is 10.7. The average molecular weight is 282 g/mol. The van der Waals surface area contributed by atoms with Gasteiger partial charge in [0.05, 0.1) is 17.7 Å². The molecule has 0 amide bonds. The fourth-order valence-corrected chi connectivity index (χ4v) is 1.46. The van der Waals surface area contributed by atoms with Gasteiger partial charge in [-0.3, -0.25) is 4.79 Å². The number of carboxylic acids is 1. The van der Waals surface area contributed by atoms with Crippen molar-refractivity contribution >= 4 is 21.9 Å². The lowest BCUT2D eigenvalue weighted by atomic mass is 10.2. The number of pyridine rings is 1. The zero-order valence-corrected chi connectivity index (χ0v) is 8.83. The maximum atomic E-state index is 12.3. The lowest BCUT2D eigenvalue weighted by molar-refractivity contribution is -0.136. The van der Waals surface area contributed by atoms with Gasteiger partial charge < -0.3 is 10.2 Å². The van der Waals surface area contributed by atoms with Crippen molar-refractivity contribution in [3.63, 3.8) is 0 Å². The highest BCUT2D eigenvalue weighted by Crippen LogP contribution is 2.30. The van der Waals surface area contributed by atoms with Gasteiger partial charge in [0, 0.05) is 0 Å². The largest absolute Gasteiger partial charge is 0.506 e. The molecule has 0 saturated heterocycles. The van der Waals surface area contributed by atoms with Crippen LogP contribution in [0.2, 0.25) is 0 Å². The van der Waals surface area contributed by atoms with Gasteiger partial charge in [-0.05, 0) is 22.0 Å². The van der Waals surface area contributed by atoms with Gasteiger partial charge in [0.25, 0.3) is 6.43 Å². The van der Waals surface area contributed by atoms with E-state index in [0.717, 1.165) is 6.07 Å². The maximum absolute atomic E-state index is 12.3. The van der Waals surface area contributed by atoms with Gasteiger partial charge in [-0.2, -0.15) is 0 Å². The first kappa shape index (κ1) is 11.8. The van der Waals surface area contributed by atoms with Gasteiger partial charge in [-0.15, -0.1) is 0 Å². The molecule has 7 heteroatoms. The molecular formula is C8H6BrF2NO3. The molecule has 0 aliphatic heterocycles. The molecule has 0 aliphatic rings. The molecule has 2 N–H and O–H groups in total. The minimum Gasteiger partial charge on any atom is -0.506 e. The summed E-state index contributed by atoms with van der Waals surface area (Å²) in [5.41, 5.74) is -0.625. The van der Waals surface area contributed by atoms with Gasteiger partial charge in [0.1, 0.15) is 10.4 Å². The number of rotatable bonds is 3. The van der Waals surface area contributed by atoms with E-state index in [9.17, 15) is 18.7 Å². The Labute approximate surface area is 91.7 Å². The van der Waals surface area contributed by atoms with Crippen molar-refractivity contribution in [1.29, 1.82) is 0 Å². The second kappa shape index (κ2) is 4.52. The summed E-state index contributed by atoms with van der Waals surface area (Å²) in [4.78, 5) is 13.9. The summed E-state index contributed by atoms with van der Waals surface area (Å²) in [5, 5.41) is 17.7. The molecular weight excluding hydrogens is 276 g/mol. The SMILES string of the molecule is O=C(O)Cc1nc(Br)c(C(F)F)cc1O. The summed E-state index contributed by atoms with van der Waals surface area (Å²) < 4.78 is 24.4. The van der Waals surface area contributed by atoms with Gasteiger partial charge >= 0.3 is 5.97 Å². The number of hydrogen-bond acceptors (Lipinski definition) is 3. The molecule has 1 rings (SSSR count). The molecule has 1 heterocycles. The third-order valence-corrected chi connectivity index (χ3v) is 2.25. The van der Waals surface area contributed by atoms with Crippen molar-refractivity contribution in [2.24, 2.45) is 0 Å². The summed E-state index contributed by atoms with van der Waals surface area (Å²) in [6.45, 7) is 0. The third-order valence-electron chi connectivity index (χ3n) is 1.61. The maximum Gasteiger partial charge on any atom is 0.309 e. The molecule has 0 aliphatic carbocycles. The highest BCUT2D eigenvalue weighted by Gasteiger charge is 2.17. The Morgan fingerprint density at radius 3 is 2.67 bits per heavy atom. The molecule has 4 nitrogen and oxygen atoms in total. The van der Waals surface area contributed by atoms with E-state index in [4.69, 9.17) is 5.11 Å². The molecule has 0 unspecified atom stereocenters. The lowest BCUT2D eigenvalue weighted by Gasteiger charge is -2.06. The highest BCUT2D eigenvalue weighted by atomic mass is 79.9. The van der Waals surface area contributed by atoms with Crippen LogP contribution in [0.3, 0.4) is 0 Å². The third kappa shape index (κ3) is 2.85. The molecule has 82 valence electrons. The predicted octanol–water partition coefficient (Wildman–Crippen LogP) is 2.11. The highest BCUT2D eigenvalue weighted by molar-refractivity contribution is 9.10. The summed E-state index contributed by atoms with van der Waals surface area (Å²) in [6, 6.07) is 0.806. The van der Waals surface area contributed by atoms with Crippen LogP contribution in [-0.4, -0.2) is 21.2 Å². The Morgan fingerprint density at radius 1 is 1.60 bits per heavy atom. The van der Waals surface area contributed by atoms with E-state index in [-0.39, 0.29) is 10.3 Å². The number of halogens is 3. The second-order valence-electron chi connectivity index (χ2n) is 2.71. The van der Waals surface area contributed by atoms with Crippen LogP contribution in [-0.2, 0) is 11.2 Å². The second-order valence-corrected chi connectivity index (χ2v) is 3.46. The van der Waals surface area contributed by atoms with Crippen LogP contribution in [0, 0.1) is 0 Å². The quantitative estimate of drug-likeness (QED) is 0.833. The number of hydrogen-bond donors (Lipinski definition) is 2. The number of aliphatic carboxylic acids is 1. The Hall–Kier alpha value is -1.24. The Bertz CT molecular complexity index is 398. The molecule has 15 heavy (non-hydrogen) atoms. The summed E-state index contributed by atoms with van der Waals surface area (Å²) in [7, 11) is 0. The summed E-state index contributed by atoms with van der Waals surface area (Å²) in [6.07, 6.45) is -3.30. The minimum atomic E-state index is -2.78. The van der Waals surface area contributed by atoms with E-state index < -0.39 is 30.1 Å². The Morgan fingerprint density at radius 2 is 2.20 bits per heavy atom. The smallest absolute Gasteiger partial charge is 0.309 e. The van der Waals surface area contributed by atoms with Crippen molar-refractivity contribution in [1.82, 2.24) is 4.98 Å². The first-order valence-electron chi connectivity index (χ1n) is 3.80. The van der Waals surface area contributed by atoms with Gasteiger partial charge in [0.2, 0.25) is 0 Å². The van der Waals surface area contributed by atoms with E-state index in [1.165, 1.54) is 0 Å². The number of carbonyl (C=O) groups is 1. The number of aromatic nitrogens is 1. The van der Waals surface area contributed by atoms with E-state index >= 15 is 0 Å². The van der Waals surface area contributed by atoms with Crippen LogP contribution in [0.25, 0.3) is 0 Å². The van der Waals surface area contributed by atoms with E-state index in [2.05, 4.69) is 20.9 Å². The van der Waals surface area contributed by atoms with E-state index in [0.29, 0.717) is 0 Å². The zero-order chi connectivity index (χ0) is 11.6. The molecule has 0 spiro atoms. The molecule has 0 radical (unpaired) electrons. The molecule has 0 aromatic carbocycles. The minimum absolute atomic E-state index is 0.154. The first-order chi connectivity index (χ1) is 6.91. The van der Waals surface area contributed by atoms with Crippen LogP contribution in [0.5, 0.6) is 5.75 Å². The van der Waals surface area contributed by atoms with Crippen LogP contribution in [0.1, 0.15) is 17.7 Å². The molecule has 0 atom stereocenters. The van der Waals surface area contributed by atoms with E-state index in [1.54, 1.807) is 0 Å². The summed E-state index contributed by atoms with van der Waals surface area (Å²) in [5.74, 6) is -1.75. The lowest BCUT2D eigenvalue weighted by Crippen LogP contribution is -2.04. The summed E-state index contributed by atoms with van der Waals surface area (Å²) >= 11 is 2.78. The van der Waals surface area contributed by atoms with Crippen LogP contribution >= 0.6 is 15.9 Å². The fourth-order valence-electron chi connectivity index (χ4n) is 0.957. The van der Waals surface area contributed by atoms with Gasteiger partial charge in [-0.1, -0.05) is 0 Å². The average Bonchev–Trinajstić information content (AvgIpc) is 2.09. The molecule has 1 aromatic rings. The van der Waals surface area contributed by atoms with Crippen molar-refractivity contribution in [2.75, 3.05) is 0 Å². The number of alkyl halides is 2. The van der Waals surface area contributed by atoms with Crippen molar-refractivity contribution in [2.45, 2.75) is 12.8 Å². The predicted molar refractivity (Wildman–Crippen MR) is 49.9 cm³/mol. The monoisotopic (exact) mass is 281 g/mol. The van der Waals surface area contributed by atoms with Gasteiger partial charge in [0.15, 0.2) is 0 Å². The number of aromatic hydroxyl groups is 1.